The van der Waals surface area contributed by atoms with E-state index in [9.17, 15) is 13.2 Å². The highest BCUT2D eigenvalue weighted by Crippen LogP contribution is 2.37. The van der Waals surface area contributed by atoms with Gasteiger partial charge in [0.15, 0.2) is 16.4 Å². The Labute approximate surface area is 179 Å². The Balaban J connectivity index is 1.56. The molecule has 7 nitrogen and oxygen atoms in total. The molecule has 0 saturated carbocycles. The lowest BCUT2D eigenvalue weighted by Gasteiger charge is -2.26. The zero-order chi connectivity index (χ0) is 21.3. The number of benzene rings is 1. The molecule has 1 atom stereocenters. The SMILES string of the molecule is CCN(C(=O)COc1ncnc2scc(-c3ccc(C)cc3)c12)[C@H]1CCS(=O)(=O)C1. The number of ether oxygens (including phenoxy) is 1. The minimum absolute atomic E-state index is 0.0203. The van der Waals surface area contributed by atoms with Crippen LogP contribution in [-0.2, 0) is 14.6 Å². The van der Waals surface area contributed by atoms with Crippen LogP contribution in [0.25, 0.3) is 21.3 Å². The zero-order valence-corrected chi connectivity index (χ0v) is 18.5. The Morgan fingerprint density at radius 3 is 2.70 bits per heavy atom. The fourth-order valence-electron chi connectivity index (χ4n) is 3.78. The molecule has 1 aliphatic heterocycles. The van der Waals surface area contributed by atoms with Crippen molar-refractivity contribution in [3.05, 3.63) is 41.5 Å². The molecule has 1 aromatic carbocycles. The number of rotatable bonds is 6. The maximum absolute atomic E-state index is 12.8. The predicted molar refractivity (Wildman–Crippen MR) is 118 cm³/mol. The number of thiophene rings is 1. The molecule has 3 heterocycles. The molecule has 1 aliphatic rings. The van der Waals surface area contributed by atoms with Crippen LogP contribution in [0.15, 0.2) is 36.0 Å². The Bertz CT molecular complexity index is 1170. The smallest absolute Gasteiger partial charge is 0.260 e. The molecule has 0 unspecified atom stereocenters. The van der Waals surface area contributed by atoms with Crippen molar-refractivity contribution in [1.29, 1.82) is 0 Å². The summed E-state index contributed by atoms with van der Waals surface area (Å²) in [5.41, 5.74) is 3.17. The van der Waals surface area contributed by atoms with Gasteiger partial charge in [-0.15, -0.1) is 11.3 Å². The lowest BCUT2D eigenvalue weighted by atomic mass is 10.0. The van der Waals surface area contributed by atoms with E-state index in [-0.39, 0.29) is 30.1 Å². The first-order valence-corrected chi connectivity index (χ1v) is 12.5. The number of carbonyl (C=O) groups excluding carboxylic acids is 1. The number of carbonyl (C=O) groups is 1. The van der Waals surface area contributed by atoms with Gasteiger partial charge in [0, 0.05) is 23.5 Å². The summed E-state index contributed by atoms with van der Waals surface area (Å²) in [6.45, 7) is 4.13. The van der Waals surface area contributed by atoms with Crippen molar-refractivity contribution >= 4 is 37.3 Å². The fraction of sp³-hybridized carbons (Fsp3) is 0.381. The maximum atomic E-state index is 12.8. The Morgan fingerprint density at radius 2 is 2.03 bits per heavy atom. The molecule has 158 valence electrons. The molecule has 1 amide bonds. The number of aryl methyl sites for hydroxylation is 1. The van der Waals surface area contributed by atoms with E-state index in [0.29, 0.717) is 18.8 Å². The lowest BCUT2D eigenvalue weighted by molar-refractivity contribution is -0.135. The first-order chi connectivity index (χ1) is 14.4. The van der Waals surface area contributed by atoms with Gasteiger partial charge in [-0.1, -0.05) is 29.8 Å². The number of fused-ring (bicyclic) bond motifs is 1. The van der Waals surface area contributed by atoms with Gasteiger partial charge in [0.2, 0.25) is 5.88 Å². The number of likely N-dealkylation sites (N-methyl/N-ethyl adjacent to an activating group) is 1. The molecule has 9 heteroatoms. The normalized spacial score (nSPS) is 17.9. The molecule has 0 aliphatic carbocycles. The van der Waals surface area contributed by atoms with Crippen LogP contribution in [0, 0.1) is 6.92 Å². The van der Waals surface area contributed by atoms with Crippen molar-refractivity contribution in [2.75, 3.05) is 24.7 Å². The minimum atomic E-state index is -3.07. The highest BCUT2D eigenvalue weighted by molar-refractivity contribution is 7.91. The van der Waals surface area contributed by atoms with E-state index < -0.39 is 9.84 Å². The summed E-state index contributed by atoms with van der Waals surface area (Å²) in [5.74, 6) is 0.273. The van der Waals surface area contributed by atoms with Crippen molar-refractivity contribution < 1.29 is 17.9 Å². The van der Waals surface area contributed by atoms with Gasteiger partial charge in [-0.3, -0.25) is 4.79 Å². The molecule has 1 fully saturated rings. The van der Waals surface area contributed by atoms with Crippen LogP contribution >= 0.6 is 11.3 Å². The fourth-order valence-corrected chi connectivity index (χ4v) is 6.41. The molecule has 4 rings (SSSR count). The van der Waals surface area contributed by atoms with Crippen molar-refractivity contribution in [2.45, 2.75) is 26.3 Å². The largest absolute Gasteiger partial charge is 0.467 e. The molecule has 2 aromatic heterocycles. The number of aromatic nitrogens is 2. The monoisotopic (exact) mass is 445 g/mol. The van der Waals surface area contributed by atoms with Gasteiger partial charge in [-0.05, 0) is 25.8 Å². The number of amides is 1. The molecule has 0 radical (unpaired) electrons. The molecule has 30 heavy (non-hydrogen) atoms. The van der Waals surface area contributed by atoms with Crippen LogP contribution in [0.1, 0.15) is 18.9 Å². The second-order valence-corrected chi connectivity index (χ2v) is 10.5. The summed E-state index contributed by atoms with van der Waals surface area (Å²) in [4.78, 5) is 23.8. The van der Waals surface area contributed by atoms with Gasteiger partial charge in [-0.2, -0.15) is 0 Å². The summed E-state index contributed by atoms with van der Waals surface area (Å²) in [7, 11) is -3.07. The van der Waals surface area contributed by atoms with Crippen LogP contribution in [0.3, 0.4) is 0 Å². The molecule has 0 bridgehead atoms. The summed E-state index contributed by atoms with van der Waals surface area (Å²) in [5, 5.41) is 2.80. The van der Waals surface area contributed by atoms with Gasteiger partial charge in [0.05, 0.1) is 16.9 Å². The van der Waals surface area contributed by atoms with E-state index in [1.165, 1.54) is 23.2 Å². The third-order valence-corrected chi connectivity index (χ3v) is 7.98. The number of hydrogen-bond donors (Lipinski definition) is 0. The van der Waals surface area contributed by atoms with Crippen molar-refractivity contribution in [2.24, 2.45) is 0 Å². The molecule has 0 N–H and O–H groups in total. The van der Waals surface area contributed by atoms with Gasteiger partial charge < -0.3 is 9.64 Å². The van der Waals surface area contributed by atoms with E-state index in [0.717, 1.165) is 21.3 Å². The maximum Gasteiger partial charge on any atom is 0.260 e. The Kier molecular flexibility index (Phi) is 5.75. The predicted octanol–water partition coefficient (Wildman–Crippen LogP) is 3.08. The van der Waals surface area contributed by atoms with Gasteiger partial charge in [0.1, 0.15) is 11.2 Å². The van der Waals surface area contributed by atoms with Gasteiger partial charge in [-0.25, -0.2) is 18.4 Å². The van der Waals surface area contributed by atoms with E-state index >= 15 is 0 Å². The number of sulfone groups is 1. The number of hydrogen-bond acceptors (Lipinski definition) is 7. The van der Waals surface area contributed by atoms with Crippen molar-refractivity contribution in [1.82, 2.24) is 14.9 Å². The number of nitrogens with zero attached hydrogens (tertiary/aromatic N) is 3. The highest BCUT2D eigenvalue weighted by Gasteiger charge is 2.34. The first kappa shape index (κ1) is 20.7. The van der Waals surface area contributed by atoms with E-state index in [1.54, 1.807) is 4.90 Å². The summed E-state index contributed by atoms with van der Waals surface area (Å²) in [6, 6.07) is 7.88. The second-order valence-electron chi connectivity index (χ2n) is 7.40. The van der Waals surface area contributed by atoms with Crippen LogP contribution < -0.4 is 4.74 Å². The summed E-state index contributed by atoms with van der Waals surface area (Å²) >= 11 is 1.50. The summed E-state index contributed by atoms with van der Waals surface area (Å²) < 4.78 is 29.4. The van der Waals surface area contributed by atoms with Crippen LogP contribution in [-0.4, -0.2) is 59.9 Å². The topological polar surface area (TPSA) is 89.5 Å². The van der Waals surface area contributed by atoms with Crippen molar-refractivity contribution in [3.8, 4) is 17.0 Å². The van der Waals surface area contributed by atoms with E-state index in [4.69, 9.17) is 4.74 Å². The zero-order valence-electron chi connectivity index (χ0n) is 16.9. The molecular formula is C21H23N3O4S2. The molecule has 1 saturated heterocycles. The van der Waals surface area contributed by atoms with E-state index in [2.05, 4.69) is 9.97 Å². The second kappa shape index (κ2) is 8.31. The highest BCUT2D eigenvalue weighted by atomic mass is 32.2. The lowest BCUT2D eigenvalue weighted by Crippen LogP contribution is -2.43. The van der Waals surface area contributed by atoms with Crippen LogP contribution in [0.2, 0.25) is 0 Å². The van der Waals surface area contributed by atoms with E-state index in [1.807, 2.05) is 43.5 Å². The van der Waals surface area contributed by atoms with Crippen LogP contribution in [0.5, 0.6) is 5.88 Å². The third kappa shape index (κ3) is 4.17. The van der Waals surface area contributed by atoms with Gasteiger partial charge >= 0.3 is 0 Å². The molecule has 3 aromatic rings. The summed E-state index contributed by atoms with van der Waals surface area (Å²) in [6.07, 6.45) is 1.90. The minimum Gasteiger partial charge on any atom is -0.467 e. The Morgan fingerprint density at radius 1 is 1.27 bits per heavy atom. The molecule has 0 spiro atoms. The average Bonchev–Trinajstić information content (AvgIpc) is 3.31. The molecular weight excluding hydrogens is 422 g/mol. The Hall–Kier alpha value is -2.52. The van der Waals surface area contributed by atoms with Crippen LogP contribution in [0.4, 0.5) is 0 Å². The quantitative estimate of drug-likeness (QED) is 0.579. The van der Waals surface area contributed by atoms with Gasteiger partial charge in [0.25, 0.3) is 5.91 Å². The van der Waals surface area contributed by atoms with Crippen molar-refractivity contribution in [3.63, 3.8) is 0 Å². The third-order valence-electron chi connectivity index (χ3n) is 5.34. The first-order valence-electron chi connectivity index (χ1n) is 9.80. The average molecular weight is 446 g/mol. The standard InChI is InChI=1S/C21H23N3O4S2/c1-3-24(16-8-9-30(26,27)12-16)18(25)10-28-20-19-17(11-29-21(19)23-13-22-20)15-6-4-14(2)5-7-15/h4-7,11,13,16H,3,8-10,12H2,1-2H3/t16-/m0/s1.